The molecule has 2 atom stereocenters. The standard InChI is InChI=1S/C10H12BrNO/c1-7-6-12-10(13-7)8-4-2-3-5-9(8)11/h2-5,7,10,12H,6H2,1H3. The second kappa shape index (κ2) is 3.78. The Labute approximate surface area is 86.4 Å². The van der Waals surface area contributed by atoms with Crippen LogP contribution in [0.25, 0.3) is 0 Å². The summed E-state index contributed by atoms with van der Waals surface area (Å²) in [6.45, 7) is 3.00. The Bertz CT molecular complexity index is 303. The lowest BCUT2D eigenvalue weighted by molar-refractivity contribution is 0.0506. The van der Waals surface area contributed by atoms with Crippen LogP contribution in [0.1, 0.15) is 18.7 Å². The third kappa shape index (κ3) is 1.93. The smallest absolute Gasteiger partial charge is 0.135 e. The van der Waals surface area contributed by atoms with E-state index in [1.807, 2.05) is 18.2 Å². The minimum absolute atomic E-state index is 0.0468. The molecule has 0 spiro atoms. The molecule has 13 heavy (non-hydrogen) atoms. The minimum atomic E-state index is 0.0468. The van der Waals surface area contributed by atoms with E-state index in [1.165, 1.54) is 5.56 Å². The van der Waals surface area contributed by atoms with E-state index >= 15 is 0 Å². The van der Waals surface area contributed by atoms with E-state index in [9.17, 15) is 0 Å². The topological polar surface area (TPSA) is 21.3 Å². The maximum absolute atomic E-state index is 5.69. The van der Waals surface area contributed by atoms with E-state index in [0.29, 0.717) is 6.10 Å². The summed E-state index contributed by atoms with van der Waals surface area (Å²) in [5.74, 6) is 0. The Balaban J connectivity index is 2.21. The fourth-order valence-electron chi connectivity index (χ4n) is 1.47. The van der Waals surface area contributed by atoms with Gasteiger partial charge in [-0.15, -0.1) is 0 Å². The summed E-state index contributed by atoms with van der Waals surface area (Å²) >= 11 is 3.51. The number of halogens is 1. The molecule has 1 aromatic carbocycles. The lowest BCUT2D eigenvalue weighted by Crippen LogP contribution is -2.14. The number of rotatable bonds is 1. The fraction of sp³-hybridized carbons (Fsp3) is 0.400. The van der Waals surface area contributed by atoms with Gasteiger partial charge in [0.25, 0.3) is 0 Å². The minimum Gasteiger partial charge on any atom is -0.355 e. The average Bonchev–Trinajstić information content (AvgIpc) is 2.53. The number of hydrogen-bond acceptors (Lipinski definition) is 2. The summed E-state index contributed by atoms with van der Waals surface area (Å²) in [6, 6.07) is 8.13. The van der Waals surface area contributed by atoms with Gasteiger partial charge in [0.15, 0.2) is 0 Å². The second-order valence-electron chi connectivity index (χ2n) is 3.26. The summed E-state index contributed by atoms with van der Waals surface area (Å²) in [5.41, 5.74) is 1.17. The largest absolute Gasteiger partial charge is 0.355 e. The molecule has 0 saturated carbocycles. The van der Waals surface area contributed by atoms with E-state index in [2.05, 4.69) is 34.2 Å². The number of benzene rings is 1. The zero-order valence-corrected chi connectivity index (χ0v) is 9.04. The van der Waals surface area contributed by atoms with Crippen LogP contribution in [0.3, 0.4) is 0 Å². The third-order valence-corrected chi connectivity index (χ3v) is 2.87. The van der Waals surface area contributed by atoms with Crippen LogP contribution in [0.15, 0.2) is 28.7 Å². The van der Waals surface area contributed by atoms with Gasteiger partial charge in [0.1, 0.15) is 6.23 Å². The van der Waals surface area contributed by atoms with Crippen LogP contribution in [0, 0.1) is 0 Å². The molecule has 1 fully saturated rings. The maximum atomic E-state index is 5.69. The van der Waals surface area contributed by atoms with Crippen molar-refractivity contribution < 1.29 is 4.74 Å². The van der Waals surface area contributed by atoms with Gasteiger partial charge < -0.3 is 4.74 Å². The first-order valence-corrected chi connectivity index (χ1v) is 5.20. The van der Waals surface area contributed by atoms with Crippen molar-refractivity contribution in [2.24, 2.45) is 0 Å². The van der Waals surface area contributed by atoms with Gasteiger partial charge in [0.2, 0.25) is 0 Å². The van der Waals surface area contributed by atoms with Gasteiger partial charge in [-0.3, -0.25) is 5.32 Å². The first-order chi connectivity index (χ1) is 6.27. The Hall–Kier alpha value is -0.380. The molecule has 2 nitrogen and oxygen atoms in total. The van der Waals surface area contributed by atoms with Crippen molar-refractivity contribution in [3.05, 3.63) is 34.3 Å². The van der Waals surface area contributed by atoms with Crippen LogP contribution in [0.5, 0.6) is 0 Å². The van der Waals surface area contributed by atoms with E-state index in [1.54, 1.807) is 0 Å². The van der Waals surface area contributed by atoms with Gasteiger partial charge in [-0.25, -0.2) is 0 Å². The van der Waals surface area contributed by atoms with Crippen LogP contribution < -0.4 is 5.32 Å². The summed E-state index contributed by atoms with van der Waals surface area (Å²) in [5, 5.41) is 3.31. The highest BCUT2D eigenvalue weighted by molar-refractivity contribution is 9.10. The van der Waals surface area contributed by atoms with Gasteiger partial charge in [0, 0.05) is 16.6 Å². The van der Waals surface area contributed by atoms with E-state index < -0.39 is 0 Å². The summed E-state index contributed by atoms with van der Waals surface area (Å²) in [6.07, 6.45) is 0.350. The molecule has 1 saturated heterocycles. The Morgan fingerprint density at radius 1 is 1.46 bits per heavy atom. The molecule has 2 rings (SSSR count). The van der Waals surface area contributed by atoms with Crippen molar-refractivity contribution in [1.29, 1.82) is 0 Å². The van der Waals surface area contributed by atoms with Crippen molar-refractivity contribution in [2.75, 3.05) is 6.54 Å². The molecule has 0 radical (unpaired) electrons. The van der Waals surface area contributed by atoms with Crippen molar-refractivity contribution in [3.8, 4) is 0 Å². The predicted octanol–water partition coefficient (Wildman–Crippen LogP) is 2.46. The van der Waals surface area contributed by atoms with Crippen molar-refractivity contribution in [2.45, 2.75) is 19.3 Å². The van der Waals surface area contributed by atoms with Crippen molar-refractivity contribution >= 4 is 15.9 Å². The molecule has 70 valence electrons. The lowest BCUT2D eigenvalue weighted by Gasteiger charge is -2.12. The molecule has 1 aromatic rings. The molecule has 3 heteroatoms. The molecule has 1 aliphatic heterocycles. The molecule has 1 heterocycles. The molecule has 0 aliphatic carbocycles. The van der Waals surface area contributed by atoms with Crippen LogP contribution in [0.4, 0.5) is 0 Å². The summed E-state index contributed by atoms with van der Waals surface area (Å²) in [7, 11) is 0. The maximum Gasteiger partial charge on any atom is 0.135 e. The zero-order valence-electron chi connectivity index (χ0n) is 7.46. The molecule has 0 amide bonds. The fourth-order valence-corrected chi connectivity index (χ4v) is 1.97. The van der Waals surface area contributed by atoms with Crippen LogP contribution in [0.2, 0.25) is 0 Å². The average molecular weight is 242 g/mol. The highest BCUT2D eigenvalue weighted by atomic mass is 79.9. The zero-order chi connectivity index (χ0) is 9.26. The molecular weight excluding hydrogens is 230 g/mol. The third-order valence-electron chi connectivity index (χ3n) is 2.15. The first-order valence-electron chi connectivity index (χ1n) is 4.40. The Morgan fingerprint density at radius 3 is 2.85 bits per heavy atom. The molecule has 0 bridgehead atoms. The van der Waals surface area contributed by atoms with Crippen LogP contribution in [-0.4, -0.2) is 12.6 Å². The molecule has 0 aromatic heterocycles. The highest BCUT2D eigenvalue weighted by Gasteiger charge is 2.23. The van der Waals surface area contributed by atoms with Crippen molar-refractivity contribution in [1.82, 2.24) is 5.32 Å². The van der Waals surface area contributed by atoms with Gasteiger partial charge >= 0.3 is 0 Å². The van der Waals surface area contributed by atoms with Gasteiger partial charge in [0.05, 0.1) is 6.10 Å². The summed E-state index contributed by atoms with van der Waals surface area (Å²) < 4.78 is 6.79. The monoisotopic (exact) mass is 241 g/mol. The number of nitrogens with one attached hydrogen (secondary N) is 1. The highest BCUT2D eigenvalue weighted by Crippen LogP contribution is 2.27. The molecular formula is C10H12BrNO. The van der Waals surface area contributed by atoms with Crippen molar-refractivity contribution in [3.63, 3.8) is 0 Å². The molecule has 1 aliphatic rings. The Morgan fingerprint density at radius 2 is 2.23 bits per heavy atom. The van der Waals surface area contributed by atoms with Crippen LogP contribution >= 0.6 is 15.9 Å². The number of ether oxygens (including phenoxy) is 1. The van der Waals surface area contributed by atoms with E-state index in [-0.39, 0.29) is 6.23 Å². The van der Waals surface area contributed by atoms with Gasteiger partial charge in [-0.1, -0.05) is 34.1 Å². The van der Waals surface area contributed by atoms with E-state index in [0.717, 1.165) is 11.0 Å². The molecule has 1 N–H and O–H groups in total. The number of hydrogen-bond donors (Lipinski definition) is 1. The van der Waals surface area contributed by atoms with Gasteiger partial charge in [-0.05, 0) is 13.0 Å². The second-order valence-corrected chi connectivity index (χ2v) is 4.11. The normalized spacial score (nSPS) is 27.8. The Kier molecular flexibility index (Phi) is 2.67. The SMILES string of the molecule is CC1CNC(c2ccccc2Br)O1. The molecule has 2 unspecified atom stereocenters. The van der Waals surface area contributed by atoms with E-state index in [4.69, 9.17) is 4.74 Å². The summed E-state index contributed by atoms with van der Waals surface area (Å²) in [4.78, 5) is 0. The predicted molar refractivity (Wildman–Crippen MR) is 55.4 cm³/mol. The first kappa shape index (κ1) is 9.19. The van der Waals surface area contributed by atoms with Gasteiger partial charge in [-0.2, -0.15) is 0 Å². The lowest BCUT2D eigenvalue weighted by atomic mass is 10.2. The van der Waals surface area contributed by atoms with Crippen LogP contribution in [-0.2, 0) is 4.74 Å². The quantitative estimate of drug-likeness (QED) is 0.816.